The summed E-state index contributed by atoms with van der Waals surface area (Å²) in [6, 6.07) is 5.38. The van der Waals surface area contributed by atoms with Crippen LogP contribution in [0.3, 0.4) is 0 Å². The lowest BCUT2D eigenvalue weighted by Gasteiger charge is -2.35. The Labute approximate surface area is 123 Å². The first-order valence-electron chi connectivity index (χ1n) is 6.95. The number of piperazine rings is 1. The molecule has 1 saturated heterocycles. The van der Waals surface area contributed by atoms with Crippen molar-refractivity contribution in [2.45, 2.75) is 6.92 Å². The van der Waals surface area contributed by atoms with Crippen molar-refractivity contribution in [3.63, 3.8) is 0 Å². The zero-order valence-corrected chi connectivity index (χ0v) is 12.0. The molecule has 1 aliphatic heterocycles. The second-order valence-corrected chi connectivity index (χ2v) is 5.09. The molecule has 0 saturated carbocycles. The first kappa shape index (κ1) is 13.5. The van der Waals surface area contributed by atoms with Crippen LogP contribution in [0.1, 0.15) is 16.1 Å². The van der Waals surface area contributed by atoms with E-state index in [1.165, 1.54) is 0 Å². The van der Waals surface area contributed by atoms with E-state index in [9.17, 15) is 4.79 Å². The summed E-state index contributed by atoms with van der Waals surface area (Å²) in [5.41, 5.74) is 7.25. The van der Waals surface area contributed by atoms with E-state index in [0.717, 1.165) is 18.9 Å². The van der Waals surface area contributed by atoms with Gasteiger partial charge in [-0.25, -0.2) is 4.98 Å². The number of nitrogen functional groups attached to an aromatic ring is 1. The average molecular weight is 286 g/mol. The average Bonchev–Trinajstić information content (AvgIpc) is 2.93. The molecule has 6 nitrogen and oxygen atoms in total. The SMILES string of the molecule is Cc1occc1C(=O)N1CCN(c2ncccc2N)CC1. The molecule has 1 amide bonds. The maximum Gasteiger partial charge on any atom is 0.257 e. The minimum atomic E-state index is 0.0230. The van der Waals surface area contributed by atoms with Gasteiger partial charge in [0.2, 0.25) is 0 Å². The normalized spacial score (nSPS) is 15.3. The first-order chi connectivity index (χ1) is 10.2. The molecule has 0 spiro atoms. The summed E-state index contributed by atoms with van der Waals surface area (Å²) in [7, 11) is 0. The maximum atomic E-state index is 12.4. The topological polar surface area (TPSA) is 75.6 Å². The van der Waals surface area contributed by atoms with Gasteiger partial charge in [0.15, 0.2) is 5.82 Å². The summed E-state index contributed by atoms with van der Waals surface area (Å²) in [6.07, 6.45) is 3.28. The van der Waals surface area contributed by atoms with Crippen LogP contribution < -0.4 is 10.6 Å². The summed E-state index contributed by atoms with van der Waals surface area (Å²) in [5.74, 6) is 1.48. The van der Waals surface area contributed by atoms with E-state index in [1.54, 1.807) is 25.5 Å². The van der Waals surface area contributed by atoms with Crippen molar-refractivity contribution < 1.29 is 9.21 Å². The summed E-state index contributed by atoms with van der Waals surface area (Å²) in [6.45, 7) is 4.56. The van der Waals surface area contributed by atoms with Crippen LogP contribution in [0.2, 0.25) is 0 Å². The number of hydrogen-bond donors (Lipinski definition) is 1. The fraction of sp³-hybridized carbons (Fsp3) is 0.333. The highest BCUT2D eigenvalue weighted by Crippen LogP contribution is 2.21. The number of nitrogens with two attached hydrogens (primary N) is 1. The van der Waals surface area contributed by atoms with Gasteiger partial charge in [-0.15, -0.1) is 0 Å². The lowest BCUT2D eigenvalue weighted by Crippen LogP contribution is -2.49. The van der Waals surface area contributed by atoms with Crippen LogP contribution in [-0.2, 0) is 0 Å². The number of rotatable bonds is 2. The predicted molar refractivity (Wildman–Crippen MR) is 80.2 cm³/mol. The van der Waals surface area contributed by atoms with Crippen LogP contribution in [0.15, 0.2) is 35.1 Å². The number of pyridine rings is 1. The van der Waals surface area contributed by atoms with Gasteiger partial charge in [-0.05, 0) is 25.1 Å². The molecule has 1 fully saturated rings. The van der Waals surface area contributed by atoms with Gasteiger partial charge in [-0.3, -0.25) is 4.79 Å². The lowest BCUT2D eigenvalue weighted by molar-refractivity contribution is 0.0745. The van der Waals surface area contributed by atoms with Crippen molar-refractivity contribution >= 4 is 17.4 Å². The van der Waals surface area contributed by atoms with E-state index in [4.69, 9.17) is 10.2 Å². The molecule has 0 unspecified atom stereocenters. The second kappa shape index (κ2) is 5.47. The molecular formula is C15H18N4O2. The van der Waals surface area contributed by atoms with Crippen LogP contribution in [0.25, 0.3) is 0 Å². The van der Waals surface area contributed by atoms with Crippen LogP contribution >= 0.6 is 0 Å². The summed E-state index contributed by atoms with van der Waals surface area (Å²) >= 11 is 0. The molecule has 2 N–H and O–H groups in total. The molecule has 21 heavy (non-hydrogen) atoms. The lowest BCUT2D eigenvalue weighted by atomic mass is 10.2. The maximum absolute atomic E-state index is 12.4. The Hall–Kier alpha value is -2.50. The molecule has 0 aliphatic carbocycles. The van der Waals surface area contributed by atoms with Gasteiger partial charge in [0.25, 0.3) is 5.91 Å². The minimum Gasteiger partial charge on any atom is -0.469 e. The van der Waals surface area contributed by atoms with Gasteiger partial charge in [0, 0.05) is 32.4 Å². The van der Waals surface area contributed by atoms with E-state index in [-0.39, 0.29) is 5.91 Å². The van der Waals surface area contributed by atoms with E-state index in [0.29, 0.717) is 30.1 Å². The van der Waals surface area contributed by atoms with Crippen molar-refractivity contribution in [1.29, 1.82) is 0 Å². The third kappa shape index (κ3) is 2.56. The fourth-order valence-corrected chi connectivity index (χ4v) is 2.57. The minimum absolute atomic E-state index is 0.0230. The van der Waals surface area contributed by atoms with Crippen molar-refractivity contribution in [2.24, 2.45) is 0 Å². The van der Waals surface area contributed by atoms with Crippen LogP contribution in [-0.4, -0.2) is 42.0 Å². The number of carbonyl (C=O) groups excluding carboxylic acids is 1. The Balaban J connectivity index is 1.67. The van der Waals surface area contributed by atoms with Crippen LogP contribution in [0, 0.1) is 6.92 Å². The van der Waals surface area contributed by atoms with E-state index < -0.39 is 0 Å². The highest BCUT2D eigenvalue weighted by molar-refractivity contribution is 5.95. The molecule has 3 heterocycles. The van der Waals surface area contributed by atoms with Gasteiger partial charge in [-0.1, -0.05) is 0 Å². The van der Waals surface area contributed by atoms with Crippen LogP contribution in [0.4, 0.5) is 11.5 Å². The van der Waals surface area contributed by atoms with Crippen molar-refractivity contribution in [1.82, 2.24) is 9.88 Å². The van der Waals surface area contributed by atoms with E-state index in [1.807, 2.05) is 17.0 Å². The largest absolute Gasteiger partial charge is 0.469 e. The summed E-state index contributed by atoms with van der Waals surface area (Å²) in [4.78, 5) is 20.7. The first-order valence-corrected chi connectivity index (χ1v) is 6.95. The monoisotopic (exact) mass is 286 g/mol. The third-order valence-electron chi connectivity index (χ3n) is 3.77. The van der Waals surface area contributed by atoms with E-state index >= 15 is 0 Å². The molecule has 2 aromatic rings. The van der Waals surface area contributed by atoms with Gasteiger partial charge in [0.05, 0.1) is 17.5 Å². The molecular weight excluding hydrogens is 268 g/mol. The van der Waals surface area contributed by atoms with Crippen LogP contribution in [0.5, 0.6) is 0 Å². The quantitative estimate of drug-likeness (QED) is 0.906. The molecule has 0 atom stereocenters. The smallest absolute Gasteiger partial charge is 0.257 e. The number of anilines is 2. The molecule has 3 rings (SSSR count). The Morgan fingerprint density at radius 3 is 2.67 bits per heavy atom. The van der Waals surface area contributed by atoms with Crippen molar-refractivity contribution in [2.75, 3.05) is 36.8 Å². The number of aromatic nitrogens is 1. The molecule has 0 radical (unpaired) electrons. The Kier molecular flexibility index (Phi) is 3.51. The van der Waals surface area contributed by atoms with Gasteiger partial charge in [-0.2, -0.15) is 0 Å². The zero-order valence-electron chi connectivity index (χ0n) is 12.0. The summed E-state index contributed by atoms with van der Waals surface area (Å²) < 4.78 is 5.20. The van der Waals surface area contributed by atoms with Gasteiger partial charge in [0.1, 0.15) is 5.76 Å². The van der Waals surface area contributed by atoms with Crippen molar-refractivity contribution in [3.05, 3.63) is 42.0 Å². The fourth-order valence-electron chi connectivity index (χ4n) is 2.57. The molecule has 0 bridgehead atoms. The third-order valence-corrected chi connectivity index (χ3v) is 3.77. The highest BCUT2D eigenvalue weighted by Gasteiger charge is 2.25. The number of furan rings is 1. The molecule has 0 aromatic carbocycles. The number of amides is 1. The van der Waals surface area contributed by atoms with Crippen molar-refractivity contribution in [3.8, 4) is 0 Å². The summed E-state index contributed by atoms with van der Waals surface area (Å²) in [5, 5.41) is 0. The number of nitrogens with zero attached hydrogens (tertiary/aromatic N) is 3. The molecule has 110 valence electrons. The zero-order chi connectivity index (χ0) is 14.8. The molecule has 1 aliphatic rings. The van der Waals surface area contributed by atoms with Gasteiger partial charge < -0.3 is 20.0 Å². The predicted octanol–water partition coefficient (Wildman–Crippen LogP) is 1.53. The van der Waals surface area contributed by atoms with E-state index in [2.05, 4.69) is 9.88 Å². The molecule has 2 aromatic heterocycles. The molecule has 6 heteroatoms. The number of aryl methyl sites for hydroxylation is 1. The van der Waals surface area contributed by atoms with Gasteiger partial charge >= 0.3 is 0 Å². The Morgan fingerprint density at radius 1 is 1.29 bits per heavy atom. The standard InChI is InChI=1S/C15H18N4O2/c1-11-12(4-10-21-11)15(20)19-8-6-18(7-9-19)14-13(16)3-2-5-17-14/h2-5,10H,6-9,16H2,1H3. The second-order valence-electron chi connectivity index (χ2n) is 5.09. The highest BCUT2D eigenvalue weighted by atomic mass is 16.3. The number of carbonyl (C=O) groups is 1. The Morgan fingerprint density at radius 2 is 2.05 bits per heavy atom. The number of hydrogen-bond acceptors (Lipinski definition) is 5. The Bertz CT molecular complexity index is 645.